The number of amides is 2. The lowest BCUT2D eigenvalue weighted by atomic mass is 10.1. The van der Waals surface area contributed by atoms with Crippen molar-refractivity contribution in [3.05, 3.63) is 48.2 Å². The van der Waals surface area contributed by atoms with Gasteiger partial charge in [-0.15, -0.1) is 4.40 Å². The highest BCUT2D eigenvalue weighted by molar-refractivity contribution is 7.90. The Morgan fingerprint density at radius 2 is 1.92 bits per heavy atom. The highest BCUT2D eigenvalue weighted by atomic mass is 32.2. The predicted molar refractivity (Wildman–Crippen MR) is 94.5 cm³/mol. The number of hydrogen-bond donors (Lipinski definition) is 2. The van der Waals surface area contributed by atoms with Crippen LogP contribution in [0.4, 0.5) is 11.4 Å². The largest absolute Gasteiger partial charge is 0.331 e. The minimum absolute atomic E-state index is 0.0888. The minimum atomic E-state index is -3.57. The second-order valence-corrected chi connectivity index (χ2v) is 7.29. The maximum Gasteiger partial charge on any atom is 0.259 e. The van der Waals surface area contributed by atoms with Crippen molar-refractivity contribution in [3.8, 4) is 0 Å². The lowest BCUT2D eigenvalue weighted by molar-refractivity contribution is -0.114. The molecule has 9 heteroatoms. The summed E-state index contributed by atoms with van der Waals surface area (Å²) in [5, 5.41) is 5.32. The fourth-order valence-corrected chi connectivity index (χ4v) is 3.46. The number of fused-ring (bicyclic) bond motifs is 1. The van der Waals surface area contributed by atoms with Gasteiger partial charge in [0.25, 0.3) is 15.9 Å². The van der Waals surface area contributed by atoms with Gasteiger partial charge in [-0.2, -0.15) is 0 Å². The monoisotopic (exact) mass is 360 g/mol. The quantitative estimate of drug-likeness (QED) is 0.839. The summed E-state index contributed by atoms with van der Waals surface area (Å²) in [5.41, 5.74) is 1.18. The van der Waals surface area contributed by atoms with Crippen LogP contribution in [0.25, 0.3) is 0 Å². The molecule has 0 aliphatic carbocycles. The summed E-state index contributed by atoms with van der Waals surface area (Å²) in [7, 11) is -3.57. The zero-order chi connectivity index (χ0) is 18.0. The van der Waals surface area contributed by atoms with E-state index in [1.54, 1.807) is 41.4 Å². The van der Waals surface area contributed by atoms with Crippen LogP contribution in [-0.2, 0) is 19.6 Å². The number of sulfonamides is 1. The summed E-state index contributed by atoms with van der Waals surface area (Å²) >= 11 is 0. The number of hydrogen-bond acceptors (Lipinski definition) is 5. The van der Waals surface area contributed by atoms with E-state index < -0.39 is 15.9 Å². The molecule has 2 N–H and O–H groups in total. The van der Waals surface area contributed by atoms with Crippen LogP contribution in [0.2, 0.25) is 0 Å². The van der Waals surface area contributed by atoms with E-state index in [0.29, 0.717) is 11.4 Å². The molecule has 25 heavy (non-hydrogen) atoms. The second kappa shape index (κ2) is 6.52. The molecule has 0 saturated heterocycles. The summed E-state index contributed by atoms with van der Waals surface area (Å²) in [5.74, 6) is -0.676. The van der Waals surface area contributed by atoms with Gasteiger partial charge in [-0.25, -0.2) is 8.42 Å². The summed E-state index contributed by atoms with van der Waals surface area (Å²) < 4.78 is 27.2. The molecule has 2 aliphatic heterocycles. The van der Waals surface area contributed by atoms with Crippen molar-refractivity contribution < 1.29 is 18.0 Å². The predicted octanol–water partition coefficient (Wildman–Crippen LogP) is 1.08. The molecule has 2 heterocycles. The molecule has 0 atom stereocenters. The first-order valence-corrected chi connectivity index (χ1v) is 9.12. The molecule has 0 unspecified atom stereocenters. The summed E-state index contributed by atoms with van der Waals surface area (Å²) in [6.45, 7) is 1.64. The molecule has 0 aromatic heterocycles. The van der Waals surface area contributed by atoms with Crippen LogP contribution in [0.1, 0.15) is 6.92 Å². The second-order valence-electron chi connectivity index (χ2n) is 5.53. The smallest absolute Gasteiger partial charge is 0.259 e. The maximum atomic E-state index is 12.6. The van der Waals surface area contributed by atoms with Crippen LogP contribution in [-0.4, -0.2) is 43.3 Å². The topological polar surface area (TPSA) is 108 Å². The van der Waals surface area contributed by atoms with Crippen molar-refractivity contribution in [2.24, 2.45) is 4.40 Å². The van der Waals surface area contributed by atoms with E-state index in [0.717, 1.165) is 0 Å². The van der Waals surface area contributed by atoms with Gasteiger partial charge in [0.1, 0.15) is 0 Å². The van der Waals surface area contributed by atoms with Crippen molar-refractivity contribution in [2.75, 3.05) is 22.9 Å². The van der Waals surface area contributed by atoms with E-state index >= 15 is 0 Å². The third kappa shape index (κ3) is 3.94. The van der Waals surface area contributed by atoms with Crippen LogP contribution >= 0.6 is 0 Å². The number of rotatable bonds is 3. The van der Waals surface area contributed by atoms with Gasteiger partial charge in [-0.05, 0) is 30.4 Å². The molecular weight excluding hydrogens is 344 g/mol. The van der Waals surface area contributed by atoms with E-state index in [1.165, 1.54) is 13.0 Å². The van der Waals surface area contributed by atoms with Crippen molar-refractivity contribution >= 4 is 39.0 Å². The van der Waals surface area contributed by atoms with Gasteiger partial charge in [0.2, 0.25) is 5.91 Å². The fraction of sp³-hybridized carbons (Fsp3) is 0.188. The van der Waals surface area contributed by atoms with Gasteiger partial charge in [-0.3, -0.25) is 9.59 Å². The molecule has 0 spiro atoms. The normalized spacial score (nSPS) is 17.9. The highest BCUT2D eigenvalue weighted by Gasteiger charge is 2.29. The van der Waals surface area contributed by atoms with Crippen molar-refractivity contribution in [2.45, 2.75) is 6.92 Å². The maximum absolute atomic E-state index is 12.6. The molecule has 8 nitrogen and oxygen atoms in total. The first-order chi connectivity index (χ1) is 11.8. The lowest BCUT2D eigenvalue weighted by Crippen LogP contribution is -2.40. The number of allylic oxidation sites excluding steroid dienone is 2. The first kappa shape index (κ1) is 16.9. The van der Waals surface area contributed by atoms with Crippen LogP contribution < -0.4 is 10.6 Å². The van der Waals surface area contributed by atoms with E-state index in [1.807, 2.05) is 0 Å². The molecule has 1 aromatic rings. The van der Waals surface area contributed by atoms with E-state index in [-0.39, 0.29) is 29.6 Å². The van der Waals surface area contributed by atoms with Crippen molar-refractivity contribution in [1.82, 2.24) is 4.90 Å². The Bertz CT molecular complexity index is 931. The van der Waals surface area contributed by atoms with Gasteiger partial charge in [0.15, 0.2) is 5.84 Å². The van der Waals surface area contributed by atoms with Crippen LogP contribution in [0.5, 0.6) is 0 Å². The van der Waals surface area contributed by atoms with Gasteiger partial charge in [0.05, 0.1) is 11.3 Å². The SMILES string of the molecule is CC(=O)Nc1cccc(NC(=O)C2=CC=CN3CCS(=O)(=O)N=C23)c1. The Labute approximate surface area is 145 Å². The highest BCUT2D eigenvalue weighted by Crippen LogP contribution is 2.20. The van der Waals surface area contributed by atoms with Gasteiger partial charge in [0, 0.05) is 31.0 Å². The van der Waals surface area contributed by atoms with E-state index in [4.69, 9.17) is 0 Å². The van der Waals surface area contributed by atoms with E-state index in [9.17, 15) is 18.0 Å². The number of nitrogens with zero attached hydrogens (tertiary/aromatic N) is 2. The number of benzene rings is 1. The molecule has 0 bridgehead atoms. The number of amidine groups is 1. The zero-order valence-corrected chi connectivity index (χ0v) is 14.2. The molecule has 1 aromatic carbocycles. The van der Waals surface area contributed by atoms with Gasteiger partial charge >= 0.3 is 0 Å². The summed E-state index contributed by atoms with van der Waals surface area (Å²) in [6, 6.07) is 6.65. The fourth-order valence-electron chi connectivity index (χ4n) is 2.47. The number of carbonyl (C=O) groups excluding carboxylic acids is 2. The van der Waals surface area contributed by atoms with Crippen LogP contribution in [0.3, 0.4) is 0 Å². The molecule has 0 saturated carbocycles. The molecule has 3 rings (SSSR count). The van der Waals surface area contributed by atoms with Crippen molar-refractivity contribution in [1.29, 1.82) is 0 Å². The average Bonchev–Trinajstić information content (AvgIpc) is 2.53. The number of carbonyl (C=O) groups is 2. The standard InChI is InChI=1S/C16H16N4O4S/c1-11(21)17-12-4-2-5-13(10-12)18-16(22)14-6-3-7-20-8-9-25(23,24)19-15(14)20/h2-7,10H,8-9H2,1H3,(H,17,21)(H,18,22). The van der Waals surface area contributed by atoms with Gasteiger partial charge in [-0.1, -0.05) is 6.07 Å². The number of nitrogens with one attached hydrogen (secondary N) is 2. The Morgan fingerprint density at radius 1 is 1.20 bits per heavy atom. The molecule has 0 radical (unpaired) electrons. The first-order valence-electron chi connectivity index (χ1n) is 7.51. The van der Waals surface area contributed by atoms with Gasteiger partial charge < -0.3 is 15.5 Å². The third-order valence-corrected chi connectivity index (χ3v) is 4.69. The Morgan fingerprint density at radius 3 is 2.64 bits per heavy atom. The Hall–Kier alpha value is -2.94. The lowest BCUT2D eigenvalue weighted by Gasteiger charge is -2.28. The molecule has 2 aliphatic rings. The zero-order valence-electron chi connectivity index (χ0n) is 13.4. The summed E-state index contributed by atoms with van der Waals surface area (Å²) in [4.78, 5) is 25.3. The molecule has 2 amide bonds. The molecule has 0 fully saturated rings. The Balaban J connectivity index is 1.83. The Kier molecular flexibility index (Phi) is 4.41. The van der Waals surface area contributed by atoms with Crippen molar-refractivity contribution in [3.63, 3.8) is 0 Å². The van der Waals surface area contributed by atoms with E-state index in [2.05, 4.69) is 15.0 Å². The number of anilines is 2. The summed E-state index contributed by atoms with van der Waals surface area (Å²) in [6.07, 6.45) is 4.87. The minimum Gasteiger partial charge on any atom is -0.331 e. The van der Waals surface area contributed by atoms with Crippen LogP contribution in [0, 0.1) is 0 Å². The van der Waals surface area contributed by atoms with Crippen LogP contribution in [0.15, 0.2) is 52.6 Å². The average molecular weight is 360 g/mol. The third-order valence-electron chi connectivity index (χ3n) is 3.54. The molecular formula is C16H16N4O4S. The molecule has 130 valence electrons.